The Balaban J connectivity index is 1.44. The molecule has 2 aromatic rings. The maximum Gasteiger partial charge on any atom is 0.289 e. The van der Waals surface area contributed by atoms with Gasteiger partial charge in [0, 0.05) is 57.5 Å². The zero-order chi connectivity index (χ0) is 16.5. The molecule has 0 saturated carbocycles. The van der Waals surface area contributed by atoms with Crippen LogP contribution in [0.1, 0.15) is 39.5 Å². The number of carbonyl (C=O) groups is 2. The number of ketones is 1. The Kier molecular flexibility index (Phi) is 3.76. The average molecular weight is 326 g/mol. The van der Waals surface area contributed by atoms with E-state index in [9.17, 15) is 9.59 Å². The predicted octanol–water partition coefficient (Wildman–Crippen LogP) is 1.55. The van der Waals surface area contributed by atoms with Crippen LogP contribution in [0.3, 0.4) is 0 Å². The number of amides is 1. The van der Waals surface area contributed by atoms with Crippen molar-refractivity contribution in [3.63, 3.8) is 0 Å². The summed E-state index contributed by atoms with van der Waals surface area (Å²) in [6, 6.07) is 3.40. The molecule has 0 unspecified atom stereocenters. The van der Waals surface area contributed by atoms with Crippen LogP contribution in [-0.2, 0) is 6.42 Å². The van der Waals surface area contributed by atoms with Crippen LogP contribution in [0.5, 0.6) is 0 Å². The molecule has 4 rings (SSSR count). The fourth-order valence-electron chi connectivity index (χ4n) is 3.22. The predicted molar refractivity (Wildman–Crippen MR) is 86.1 cm³/mol. The molecule has 0 atom stereocenters. The summed E-state index contributed by atoms with van der Waals surface area (Å²) in [6.45, 7) is 2.51. The number of carbonyl (C=O) groups excluding carboxylic acids is 2. The molecule has 1 fully saturated rings. The van der Waals surface area contributed by atoms with E-state index in [0.29, 0.717) is 49.9 Å². The van der Waals surface area contributed by atoms with Crippen molar-refractivity contribution in [2.24, 2.45) is 0 Å². The van der Waals surface area contributed by atoms with Gasteiger partial charge in [0.25, 0.3) is 5.91 Å². The van der Waals surface area contributed by atoms with Gasteiger partial charge in [-0.1, -0.05) is 0 Å². The summed E-state index contributed by atoms with van der Waals surface area (Å²) in [7, 11) is 0. The van der Waals surface area contributed by atoms with Crippen LogP contribution >= 0.6 is 0 Å². The first-order chi connectivity index (χ1) is 11.7. The molecule has 7 heteroatoms. The van der Waals surface area contributed by atoms with Crippen molar-refractivity contribution in [1.82, 2.24) is 14.9 Å². The number of Topliss-reactive ketones (excluding diaryl/α,β-unsaturated/α-hetero) is 1. The third-order valence-electron chi connectivity index (χ3n) is 4.53. The van der Waals surface area contributed by atoms with Gasteiger partial charge in [0.05, 0.1) is 5.56 Å². The summed E-state index contributed by atoms with van der Waals surface area (Å²) in [4.78, 5) is 36.8. The molecule has 124 valence electrons. The number of hydrogen-bond donors (Lipinski definition) is 0. The average Bonchev–Trinajstić information content (AvgIpc) is 3.08. The molecule has 1 saturated heterocycles. The first-order valence-corrected chi connectivity index (χ1v) is 8.19. The molecule has 0 aromatic carbocycles. The monoisotopic (exact) mass is 326 g/mol. The topological polar surface area (TPSA) is 79.5 Å². The van der Waals surface area contributed by atoms with E-state index < -0.39 is 0 Å². The Bertz CT molecular complexity index is 763. The van der Waals surface area contributed by atoms with Gasteiger partial charge >= 0.3 is 0 Å². The number of furan rings is 1. The third-order valence-corrected chi connectivity index (χ3v) is 4.53. The van der Waals surface area contributed by atoms with Crippen LogP contribution in [0.25, 0.3) is 0 Å². The number of nitrogens with zero attached hydrogens (tertiary/aromatic N) is 4. The largest absolute Gasteiger partial charge is 0.455 e. The molecule has 2 aromatic heterocycles. The Hall–Kier alpha value is -2.70. The van der Waals surface area contributed by atoms with Crippen LogP contribution in [0.4, 0.5) is 5.95 Å². The molecule has 1 aliphatic heterocycles. The summed E-state index contributed by atoms with van der Waals surface area (Å²) >= 11 is 0. The molecule has 0 bridgehead atoms. The summed E-state index contributed by atoms with van der Waals surface area (Å²) in [5.74, 6) is 1.55. The number of anilines is 1. The van der Waals surface area contributed by atoms with Crippen molar-refractivity contribution < 1.29 is 14.0 Å². The maximum absolute atomic E-state index is 12.6. The quantitative estimate of drug-likeness (QED) is 0.833. The zero-order valence-electron chi connectivity index (χ0n) is 13.3. The molecular formula is C17H18N4O3. The molecule has 0 spiro atoms. The second-order valence-corrected chi connectivity index (χ2v) is 6.05. The summed E-state index contributed by atoms with van der Waals surface area (Å²) in [5.41, 5.74) is 0.584. The first-order valence-electron chi connectivity index (χ1n) is 8.19. The summed E-state index contributed by atoms with van der Waals surface area (Å²) in [6.07, 6.45) is 5.49. The number of fused-ring (bicyclic) bond motifs is 1. The van der Waals surface area contributed by atoms with E-state index in [-0.39, 0.29) is 17.5 Å². The molecule has 24 heavy (non-hydrogen) atoms. The Morgan fingerprint density at radius 1 is 1.08 bits per heavy atom. The van der Waals surface area contributed by atoms with Gasteiger partial charge in [-0.15, -0.1) is 0 Å². The van der Waals surface area contributed by atoms with Crippen LogP contribution < -0.4 is 4.90 Å². The lowest BCUT2D eigenvalue weighted by atomic mass is 9.97. The van der Waals surface area contributed by atoms with E-state index in [1.165, 1.54) is 0 Å². The first kappa shape index (κ1) is 14.9. The lowest BCUT2D eigenvalue weighted by Gasteiger charge is -2.34. The van der Waals surface area contributed by atoms with Gasteiger partial charge in [0.1, 0.15) is 5.76 Å². The lowest BCUT2D eigenvalue weighted by Crippen LogP contribution is -2.49. The fourth-order valence-corrected chi connectivity index (χ4v) is 3.22. The van der Waals surface area contributed by atoms with E-state index in [1.54, 1.807) is 29.4 Å². The van der Waals surface area contributed by atoms with Crippen LogP contribution in [0.15, 0.2) is 28.9 Å². The minimum atomic E-state index is -0.147. The molecule has 1 aliphatic carbocycles. The lowest BCUT2D eigenvalue weighted by molar-refractivity contribution is 0.0711. The van der Waals surface area contributed by atoms with Crippen molar-refractivity contribution in [3.05, 3.63) is 41.6 Å². The number of aromatic nitrogens is 2. The number of hydrogen-bond acceptors (Lipinski definition) is 6. The highest BCUT2D eigenvalue weighted by Gasteiger charge is 2.29. The molecule has 0 radical (unpaired) electrons. The van der Waals surface area contributed by atoms with Crippen LogP contribution in [-0.4, -0.2) is 52.7 Å². The number of aryl methyl sites for hydroxylation is 1. The summed E-state index contributed by atoms with van der Waals surface area (Å²) < 4.78 is 5.65. The van der Waals surface area contributed by atoms with Crippen molar-refractivity contribution >= 4 is 17.6 Å². The second-order valence-electron chi connectivity index (χ2n) is 6.05. The number of rotatable bonds is 2. The summed E-state index contributed by atoms with van der Waals surface area (Å²) in [5, 5.41) is 0. The maximum atomic E-state index is 12.6. The Morgan fingerprint density at radius 3 is 2.54 bits per heavy atom. The molecule has 2 aliphatic rings. The second kappa shape index (κ2) is 6.07. The van der Waals surface area contributed by atoms with Gasteiger partial charge in [-0.05, 0) is 12.5 Å². The molecule has 1 amide bonds. The van der Waals surface area contributed by atoms with Gasteiger partial charge in [-0.25, -0.2) is 9.97 Å². The molecule has 7 nitrogen and oxygen atoms in total. The fraction of sp³-hybridized carbons (Fsp3) is 0.412. The van der Waals surface area contributed by atoms with Crippen LogP contribution in [0.2, 0.25) is 0 Å². The van der Waals surface area contributed by atoms with Crippen molar-refractivity contribution in [3.8, 4) is 0 Å². The Morgan fingerprint density at radius 2 is 1.83 bits per heavy atom. The van der Waals surface area contributed by atoms with Crippen molar-refractivity contribution in [1.29, 1.82) is 0 Å². The van der Waals surface area contributed by atoms with Crippen molar-refractivity contribution in [2.45, 2.75) is 19.3 Å². The van der Waals surface area contributed by atoms with Gasteiger partial charge in [-0.2, -0.15) is 0 Å². The number of piperazine rings is 1. The zero-order valence-corrected chi connectivity index (χ0v) is 13.3. The van der Waals surface area contributed by atoms with E-state index in [0.717, 1.165) is 12.8 Å². The standard InChI is InChI=1S/C17H18N4O3/c22-13-3-1-4-14-12(13)11-15(24-14)16(23)20-7-9-21(10-8-20)17-18-5-2-6-19-17/h2,5-6,11H,1,3-4,7-10H2. The van der Waals surface area contributed by atoms with Crippen LogP contribution in [0, 0.1) is 0 Å². The van der Waals surface area contributed by atoms with Gasteiger partial charge < -0.3 is 14.2 Å². The van der Waals surface area contributed by atoms with E-state index in [4.69, 9.17) is 4.42 Å². The smallest absolute Gasteiger partial charge is 0.289 e. The molecular weight excluding hydrogens is 308 g/mol. The van der Waals surface area contributed by atoms with Gasteiger partial charge in [0.15, 0.2) is 11.5 Å². The highest BCUT2D eigenvalue weighted by molar-refractivity contribution is 6.01. The molecule has 3 heterocycles. The highest BCUT2D eigenvalue weighted by atomic mass is 16.4. The SMILES string of the molecule is O=C1CCCc2oc(C(=O)N3CCN(c4ncccn4)CC3)cc21. The van der Waals surface area contributed by atoms with E-state index >= 15 is 0 Å². The normalized spacial score (nSPS) is 17.8. The minimum Gasteiger partial charge on any atom is -0.455 e. The molecule has 0 N–H and O–H groups in total. The van der Waals surface area contributed by atoms with E-state index in [2.05, 4.69) is 14.9 Å². The minimum absolute atomic E-state index is 0.0742. The Labute approximate surface area is 139 Å². The third kappa shape index (κ3) is 2.66. The van der Waals surface area contributed by atoms with E-state index in [1.807, 2.05) is 0 Å². The van der Waals surface area contributed by atoms with Gasteiger partial charge in [-0.3, -0.25) is 9.59 Å². The van der Waals surface area contributed by atoms with Crippen molar-refractivity contribution in [2.75, 3.05) is 31.1 Å². The highest BCUT2D eigenvalue weighted by Crippen LogP contribution is 2.25. The van der Waals surface area contributed by atoms with Gasteiger partial charge in [0.2, 0.25) is 5.95 Å².